The van der Waals surface area contributed by atoms with Gasteiger partial charge in [-0.05, 0) is 42.3 Å². The van der Waals surface area contributed by atoms with E-state index in [-0.39, 0.29) is 0 Å². The topological polar surface area (TPSA) is 112 Å². The number of hydrogen-bond acceptors (Lipinski definition) is 7. The van der Waals surface area contributed by atoms with Crippen LogP contribution in [0.5, 0.6) is 0 Å². The molecule has 0 atom stereocenters. The van der Waals surface area contributed by atoms with Gasteiger partial charge in [0.05, 0.1) is 18.0 Å². The van der Waals surface area contributed by atoms with Gasteiger partial charge < -0.3 is 9.80 Å². The molecule has 0 radical (unpaired) electrons. The standard InChI is InChI=1S/C22H29N5O4S2/c1-26(2)21-15-22(23-20-11-10-18(14-19(20)21)25-33(5,30)31)27(3)13-12-16-6-8-17(9-7-16)24-32(4,28)29/h6-11,14-15,24-25H,12-13H2,1-5H3. The summed E-state index contributed by atoms with van der Waals surface area (Å²) in [6.07, 6.45) is 3.00. The predicted molar refractivity (Wildman–Crippen MR) is 136 cm³/mol. The molecule has 9 nitrogen and oxygen atoms in total. The third kappa shape index (κ3) is 6.96. The van der Waals surface area contributed by atoms with Crippen molar-refractivity contribution in [1.29, 1.82) is 0 Å². The lowest BCUT2D eigenvalue weighted by atomic mass is 10.1. The van der Waals surface area contributed by atoms with E-state index in [1.807, 2.05) is 44.2 Å². The monoisotopic (exact) mass is 491 g/mol. The quantitative estimate of drug-likeness (QED) is 0.473. The minimum atomic E-state index is -3.37. The maximum absolute atomic E-state index is 11.6. The number of pyridine rings is 1. The average Bonchev–Trinajstić information content (AvgIpc) is 2.69. The molecule has 0 unspecified atom stereocenters. The van der Waals surface area contributed by atoms with Gasteiger partial charge in [-0.15, -0.1) is 0 Å². The Morgan fingerprint density at radius 3 is 1.97 bits per heavy atom. The Hall–Kier alpha value is -3.05. The van der Waals surface area contributed by atoms with Crippen molar-refractivity contribution < 1.29 is 16.8 Å². The molecule has 0 spiro atoms. The minimum absolute atomic E-state index is 0.491. The van der Waals surface area contributed by atoms with E-state index in [0.29, 0.717) is 17.9 Å². The number of sulfonamides is 2. The van der Waals surface area contributed by atoms with Gasteiger partial charge in [0.25, 0.3) is 0 Å². The fraction of sp³-hybridized carbons (Fsp3) is 0.318. The first-order valence-corrected chi connectivity index (χ1v) is 14.0. The van der Waals surface area contributed by atoms with Gasteiger partial charge >= 0.3 is 0 Å². The van der Waals surface area contributed by atoms with Crippen LogP contribution < -0.4 is 19.2 Å². The molecular weight excluding hydrogens is 462 g/mol. The van der Waals surface area contributed by atoms with E-state index in [2.05, 4.69) is 14.3 Å². The van der Waals surface area contributed by atoms with Crippen molar-refractivity contribution in [2.75, 3.05) is 59.4 Å². The highest BCUT2D eigenvalue weighted by molar-refractivity contribution is 7.92. The molecule has 0 aliphatic carbocycles. The average molecular weight is 492 g/mol. The molecule has 2 aromatic carbocycles. The van der Waals surface area contributed by atoms with E-state index in [9.17, 15) is 16.8 Å². The van der Waals surface area contributed by atoms with E-state index < -0.39 is 20.0 Å². The number of fused-ring (bicyclic) bond motifs is 1. The fourth-order valence-electron chi connectivity index (χ4n) is 3.40. The van der Waals surface area contributed by atoms with Crippen LogP contribution in [0.4, 0.5) is 22.9 Å². The summed E-state index contributed by atoms with van der Waals surface area (Å²) in [5.41, 5.74) is 3.79. The van der Waals surface area contributed by atoms with Crippen LogP contribution in [0.3, 0.4) is 0 Å². The Bertz CT molecular complexity index is 1360. The first-order valence-electron chi connectivity index (χ1n) is 10.2. The number of aromatic nitrogens is 1. The van der Waals surface area contributed by atoms with Gasteiger partial charge in [-0.2, -0.15) is 0 Å². The molecule has 2 N–H and O–H groups in total. The highest BCUT2D eigenvalue weighted by Crippen LogP contribution is 2.31. The second-order valence-electron chi connectivity index (χ2n) is 8.24. The van der Waals surface area contributed by atoms with Crippen molar-refractivity contribution in [3.8, 4) is 0 Å². The van der Waals surface area contributed by atoms with Crippen LogP contribution in [0.2, 0.25) is 0 Å². The van der Waals surface area contributed by atoms with E-state index in [0.717, 1.165) is 46.9 Å². The van der Waals surface area contributed by atoms with E-state index >= 15 is 0 Å². The Morgan fingerprint density at radius 1 is 0.818 bits per heavy atom. The molecule has 0 fully saturated rings. The van der Waals surface area contributed by atoms with Gasteiger partial charge in [-0.1, -0.05) is 12.1 Å². The van der Waals surface area contributed by atoms with Crippen LogP contribution in [-0.2, 0) is 26.5 Å². The summed E-state index contributed by atoms with van der Waals surface area (Å²) in [5, 5.41) is 0.847. The molecule has 33 heavy (non-hydrogen) atoms. The Morgan fingerprint density at radius 2 is 1.39 bits per heavy atom. The van der Waals surface area contributed by atoms with Crippen LogP contribution in [0.15, 0.2) is 48.5 Å². The molecule has 0 saturated heterocycles. The second kappa shape index (κ2) is 9.44. The molecule has 0 bridgehead atoms. The van der Waals surface area contributed by atoms with Crippen molar-refractivity contribution in [2.45, 2.75) is 6.42 Å². The number of hydrogen-bond donors (Lipinski definition) is 2. The van der Waals surface area contributed by atoms with Crippen LogP contribution in [0.25, 0.3) is 10.9 Å². The van der Waals surface area contributed by atoms with Crippen molar-refractivity contribution in [2.24, 2.45) is 0 Å². The zero-order valence-electron chi connectivity index (χ0n) is 19.3. The molecule has 1 heterocycles. The Balaban J connectivity index is 1.80. The van der Waals surface area contributed by atoms with Crippen molar-refractivity contribution in [3.05, 3.63) is 54.1 Å². The lowest BCUT2D eigenvalue weighted by Gasteiger charge is -2.23. The lowest BCUT2D eigenvalue weighted by Crippen LogP contribution is -2.22. The smallest absolute Gasteiger partial charge is 0.229 e. The van der Waals surface area contributed by atoms with Crippen LogP contribution in [-0.4, -0.2) is 62.0 Å². The molecule has 3 aromatic rings. The highest BCUT2D eigenvalue weighted by atomic mass is 32.2. The summed E-state index contributed by atoms with van der Waals surface area (Å²) in [4.78, 5) is 8.79. The molecule has 3 rings (SSSR count). The van der Waals surface area contributed by atoms with Gasteiger partial charge in [0.2, 0.25) is 20.0 Å². The summed E-state index contributed by atoms with van der Waals surface area (Å²) in [6, 6.07) is 14.6. The van der Waals surface area contributed by atoms with E-state index in [4.69, 9.17) is 4.98 Å². The number of anilines is 4. The Kier molecular flexibility index (Phi) is 7.03. The van der Waals surface area contributed by atoms with Crippen LogP contribution in [0.1, 0.15) is 5.56 Å². The lowest BCUT2D eigenvalue weighted by molar-refractivity contribution is 0.605. The maximum atomic E-state index is 11.6. The summed E-state index contributed by atoms with van der Waals surface area (Å²) in [5.74, 6) is 0.797. The summed E-state index contributed by atoms with van der Waals surface area (Å²) in [6.45, 7) is 0.706. The van der Waals surface area contributed by atoms with Gasteiger partial charge in [0.1, 0.15) is 5.82 Å². The molecule has 178 valence electrons. The zero-order valence-corrected chi connectivity index (χ0v) is 21.0. The van der Waals surface area contributed by atoms with E-state index in [1.54, 1.807) is 30.3 Å². The normalized spacial score (nSPS) is 11.9. The largest absolute Gasteiger partial charge is 0.377 e. The predicted octanol–water partition coefficient (Wildman–Crippen LogP) is 2.72. The molecule has 0 aliphatic heterocycles. The first-order chi connectivity index (χ1) is 15.3. The zero-order chi connectivity index (χ0) is 24.4. The molecule has 0 amide bonds. The number of rotatable bonds is 9. The van der Waals surface area contributed by atoms with Gasteiger partial charge in [-0.25, -0.2) is 21.8 Å². The van der Waals surface area contributed by atoms with Crippen LogP contribution in [0, 0.1) is 0 Å². The first kappa shape index (κ1) is 24.6. The molecule has 11 heteroatoms. The van der Waals surface area contributed by atoms with Crippen LogP contribution >= 0.6 is 0 Å². The maximum Gasteiger partial charge on any atom is 0.229 e. The molecule has 1 aromatic heterocycles. The Labute approximate surface area is 195 Å². The number of benzene rings is 2. The van der Waals surface area contributed by atoms with Crippen molar-refractivity contribution in [3.63, 3.8) is 0 Å². The minimum Gasteiger partial charge on any atom is -0.377 e. The summed E-state index contributed by atoms with van der Waals surface area (Å²) >= 11 is 0. The van der Waals surface area contributed by atoms with Gasteiger partial charge in [0, 0.05) is 56.2 Å². The summed E-state index contributed by atoms with van der Waals surface area (Å²) in [7, 11) is -0.840. The van der Waals surface area contributed by atoms with Crippen molar-refractivity contribution >= 4 is 53.8 Å². The number of likely N-dealkylation sites (N-methyl/N-ethyl adjacent to an activating group) is 1. The highest BCUT2D eigenvalue weighted by Gasteiger charge is 2.13. The summed E-state index contributed by atoms with van der Waals surface area (Å²) < 4.78 is 50.8. The number of nitrogens with one attached hydrogen (secondary N) is 2. The third-order valence-corrected chi connectivity index (χ3v) is 6.16. The SMILES string of the molecule is CN(C)c1cc(N(C)CCc2ccc(NS(C)(=O)=O)cc2)nc2ccc(NS(C)(=O)=O)cc12. The van der Waals surface area contributed by atoms with E-state index in [1.165, 1.54) is 0 Å². The fourth-order valence-corrected chi connectivity index (χ4v) is 4.52. The van der Waals surface area contributed by atoms with Gasteiger partial charge in [-0.3, -0.25) is 9.44 Å². The molecular formula is C22H29N5O4S2. The molecule has 0 aliphatic rings. The van der Waals surface area contributed by atoms with Crippen molar-refractivity contribution in [1.82, 2.24) is 4.98 Å². The second-order valence-corrected chi connectivity index (χ2v) is 11.7. The third-order valence-electron chi connectivity index (χ3n) is 4.94. The number of nitrogens with zero attached hydrogens (tertiary/aromatic N) is 3. The molecule has 0 saturated carbocycles. The van der Waals surface area contributed by atoms with Gasteiger partial charge in [0.15, 0.2) is 0 Å².